The monoisotopic (exact) mass is 323 g/mol. The Kier molecular flexibility index (Phi) is 4.11. The number of rotatable bonds is 3. The molecule has 2 aromatic carbocycles. The van der Waals surface area contributed by atoms with Gasteiger partial charge in [-0.1, -0.05) is 26.0 Å². The predicted octanol–water partition coefficient (Wildman–Crippen LogP) is 2.75. The van der Waals surface area contributed by atoms with Gasteiger partial charge in [0, 0.05) is 16.5 Å². The number of fused-ring (bicyclic) bond motifs is 2. The fraction of sp³-hybridized carbons (Fsp3) is 0.263. The molecule has 0 saturated carbocycles. The molecule has 1 aromatic heterocycles. The Balaban J connectivity index is 2.37. The minimum Gasteiger partial charge on any atom is -0.399 e. The van der Waals surface area contributed by atoms with Gasteiger partial charge in [0.15, 0.2) is 5.43 Å². The summed E-state index contributed by atoms with van der Waals surface area (Å²) in [5.74, 6) is 0.0891. The molecule has 24 heavy (non-hydrogen) atoms. The van der Waals surface area contributed by atoms with Crippen LogP contribution in [0.2, 0.25) is 0 Å². The van der Waals surface area contributed by atoms with Crippen molar-refractivity contribution in [3.05, 3.63) is 52.7 Å². The summed E-state index contributed by atoms with van der Waals surface area (Å²) in [5, 5.41) is 0.916. The average molecular weight is 323 g/mol. The van der Waals surface area contributed by atoms with Crippen molar-refractivity contribution in [1.29, 1.82) is 0 Å². The highest BCUT2D eigenvalue weighted by Crippen LogP contribution is 2.22. The Labute approximate surface area is 139 Å². The highest BCUT2D eigenvalue weighted by Gasteiger charge is 2.21. The minimum absolute atomic E-state index is 0.130. The van der Waals surface area contributed by atoms with Crippen molar-refractivity contribution in [2.75, 3.05) is 5.73 Å². The summed E-state index contributed by atoms with van der Waals surface area (Å²) in [6.45, 7) is 4.05. The quantitative estimate of drug-likeness (QED) is 0.573. The van der Waals surface area contributed by atoms with Crippen molar-refractivity contribution in [2.24, 2.45) is 11.7 Å². The molecule has 0 amide bonds. The van der Waals surface area contributed by atoms with E-state index in [0.29, 0.717) is 39.8 Å². The topological polar surface area (TPSA) is 91.1 Å². The zero-order valence-electron chi connectivity index (χ0n) is 13.8. The van der Waals surface area contributed by atoms with Gasteiger partial charge >= 0.3 is 0 Å². The van der Waals surface area contributed by atoms with Crippen LogP contribution >= 0.6 is 0 Å². The van der Waals surface area contributed by atoms with Crippen LogP contribution in [-0.4, -0.2) is 16.5 Å². The summed E-state index contributed by atoms with van der Waals surface area (Å²) in [7, 11) is 0. The third kappa shape index (κ3) is 2.67. The van der Waals surface area contributed by atoms with Crippen LogP contribution < -0.4 is 16.9 Å². The lowest BCUT2D eigenvalue weighted by molar-refractivity contribution is 0.0878. The maximum Gasteiger partial charge on any atom is 0.248 e. The second kappa shape index (κ2) is 6.09. The van der Waals surface area contributed by atoms with Crippen LogP contribution in [0.25, 0.3) is 21.8 Å². The number of carbonyl (C=O) groups is 1. The second-order valence-electron chi connectivity index (χ2n) is 6.53. The molecular formula is C19H21N3O2. The third-order valence-corrected chi connectivity index (χ3v) is 4.16. The number of hydrogen-bond acceptors (Lipinski definition) is 4. The summed E-state index contributed by atoms with van der Waals surface area (Å²) in [6, 6.07) is 11.5. The van der Waals surface area contributed by atoms with Gasteiger partial charge < -0.3 is 11.5 Å². The fourth-order valence-corrected chi connectivity index (χ4v) is 3.08. The molecule has 1 atom stereocenters. The standard InChI is InChI=1S/C19H21N3O2/c1-11(2)9-15(21)19(24)22-16-6-4-3-5-13(16)18(23)14-10-12(20)7-8-17(14)22/h3-8,10-11,15H,9,20-21H2,1-2H3. The molecule has 0 radical (unpaired) electrons. The Morgan fingerprint density at radius 2 is 1.75 bits per heavy atom. The summed E-state index contributed by atoms with van der Waals surface area (Å²) < 4.78 is 1.55. The molecule has 0 bridgehead atoms. The summed E-state index contributed by atoms with van der Waals surface area (Å²) >= 11 is 0. The first kappa shape index (κ1) is 16.2. The summed E-state index contributed by atoms with van der Waals surface area (Å²) in [5.41, 5.74) is 13.4. The molecule has 124 valence electrons. The molecule has 0 saturated heterocycles. The van der Waals surface area contributed by atoms with Crippen molar-refractivity contribution >= 4 is 33.4 Å². The molecule has 1 heterocycles. The van der Waals surface area contributed by atoms with Gasteiger partial charge in [0.05, 0.1) is 17.1 Å². The van der Waals surface area contributed by atoms with Crippen molar-refractivity contribution in [1.82, 2.24) is 4.57 Å². The number of nitrogens with zero attached hydrogens (tertiary/aromatic N) is 1. The molecule has 0 aliphatic rings. The van der Waals surface area contributed by atoms with E-state index in [9.17, 15) is 9.59 Å². The van der Waals surface area contributed by atoms with E-state index in [0.717, 1.165) is 0 Å². The third-order valence-electron chi connectivity index (χ3n) is 4.16. The molecule has 5 heteroatoms. The smallest absolute Gasteiger partial charge is 0.248 e. The Morgan fingerprint density at radius 3 is 2.46 bits per heavy atom. The molecule has 0 fully saturated rings. The van der Waals surface area contributed by atoms with Crippen LogP contribution in [-0.2, 0) is 0 Å². The lowest BCUT2D eigenvalue weighted by Crippen LogP contribution is -2.36. The number of hydrogen-bond donors (Lipinski definition) is 2. The SMILES string of the molecule is CC(C)CC(N)C(=O)n1c2ccccc2c(=O)c2cc(N)ccc21. The maximum atomic E-state index is 13.0. The van der Waals surface area contributed by atoms with Gasteiger partial charge in [-0.3, -0.25) is 14.2 Å². The van der Waals surface area contributed by atoms with Crippen LogP contribution in [0.1, 0.15) is 25.1 Å². The number of nitrogen functional groups attached to an aromatic ring is 1. The van der Waals surface area contributed by atoms with Gasteiger partial charge in [-0.05, 0) is 42.7 Å². The minimum atomic E-state index is -0.628. The first-order chi connectivity index (χ1) is 11.4. The van der Waals surface area contributed by atoms with Crippen molar-refractivity contribution in [3.8, 4) is 0 Å². The Bertz CT molecular complexity index is 989. The normalized spacial score (nSPS) is 12.8. The van der Waals surface area contributed by atoms with E-state index in [1.807, 2.05) is 19.9 Å². The second-order valence-corrected chi connectivity index (χ2v) is 6.53. The molecule has 1 unspecified atom stereocenters. The molecule has 0 aliphatic carbocycles. The molecule has 3 rings (SSSR count). The number of anilines is 1. The Morgan fingerprint density at radius 1 is 1.08 bits per heavy atom. The number of nitrogens with two attached hydrogens (primary N) is 2. The van der Waals surface area contributed by atoms with Crippen molar-refractivity contribution in [3.63, 3.8) is 0 Å². The molecular weight excluding hydrogens is 302 g/mol. The molecule has 0 spiro atoms. The predicted molar refractivity (Wildman–Crippen MR) is 98.2 cm³/mol. The number of benzene rings is 2. The van der Waals surface area contributed by atoms with Gasteiger partial charge in [0.1, 0.15) is 0 Å². The fourth-order valence-electron chi connectivity index (χ4n) is 3.08. The number of para-hydroxylation sites is 1. The lowest BCUT2D eigenvalue weighted by atomic mass is 10.0. The van der Waals surface area contributed by atoms with Crippen LogP contribution in [0.5, 0.6) is 0 Å². The van der Waals surface area contributed by atoms with Gasteiger partial charge in [-0.2, -0.15) is 0 Å². The highest BCUT2D eigenvalue weighted by molar-refractivity contribution is 6.04. The van der Waals surface area contributed by atoms with Crippen LogP contribution in [0.4, 0.5) is 5.69 Å². The van der Waals surface area contributed by atoms with E-state index in [1.165, 1.54) is 0 Å². The van der Waals surface area contributed by atoms with Crippen LogP contribution in [0, 0.1) is 5.92 Å². The van der Waals surface area contributed by atoms with E-state index in [-0.39, 0.29) is 11.3 Å². The Hall–Kier alpha value is -2.66. The molecule has 4 N–H and O–H groups in total. The first-order valence-electron chi connectivity index (χ1n) is 8.03. The number of pyridine rings is 1. The highest BCUT2D eigenvalue weighted by atomic mass is 16.2. The van der Waals surface area contributed by atoms with E-state index >= 15 is 0 Å². The summed E-state index contributed by atoms with van der Waals surface area (Å²) in [4.78, 5) is 25.8. The van der Waals surface area contributed by atoms with E-state index in [2.05, 4.69) is 0 Å². The zero-order chi connectivity index (χ0) is 17.4. The van der Waals surface area contributed by atoms with Gasteiger partial charge in [-0.25, -0.2) is 0 Å². The van der Waals surface area contributed by atoms with E-state index in [4.69, 9.17) is 11.5 Å². The van der Waals surface area contributed by atoms with Crippen LogP contribution in [0.3, 0.4) is 0 Å². The maximum absolute atomic E-state index is 13.0. The van der Waals surface area contributed by atoms with Crippen molar-refractivity contribution < 1.29 is 4.79 Å². The van der Waals surface area contributed by atoms with E-state index < -0.39 is 6.04 Å². The molecule has 5 nitrogen and oxygen atoms in total. The van der Waals surface area contributed by atoms with Gasteiger partial charge in [0.2, 0.25) is 5.91 Å². The summed E-state index contributed by atoms with van der Waals surface area (Å²) in [6.07, 6.45) is 0.579. The number of aromatic nitrogens is 1. The molecule has 0 aliphatic heterocycles. The number of carbonyl (C=O) groups excluding carboxylic acids is 1. The largest absolute Gasteiger partial charge is 0.399 e. The van der Waals surface area contributed by atoms with E-state index in [1.54, 1.807) is 41.0 Å². The average Bonchev–Trinajstić information content (AvgIpc) is 2.55. The van der Waals surface area contributed by atoms with Crippen molar-refractivity contribution in [2.45, 2.75) is 26.3 Å². The van der Waals surface area contributed by atoms with Gasteiger partial charge in [0.25, 0.3) is 0 Å². The van der Waals surface area contributed by atoms with Gasteiger partial charge in [-0.15, -0.1) is 0 Å². The molecule has 3 aromatic rings. The lowest BCUT2D eigenvalue weighted by Gasteiger charge is -2.19. The van der Waals surface area contributed by atoms with Crippen LogP contribution in [0.15, 0.2) is 47.3 Å². The first-order valence-corrected chi connectivity index (χ1v) is 8.03. The zero-order valence-corrected chi connectivity index (χ0v) is 13.8.